The SMILES string of the molecule is COCCN(C1CC1)C(CN)CC(C)c1ccccc1. The first-order valence-corrected chi connectivity index (χ1v) is 7.76. The molecule has 0 aliphatic heterocycles. The molecule has 2 N–H and O–H groups in total. The van der Waals surface area contributed by atoms with Crippen LogP contribution in [0.5, 0.6) is 0 Å². The molecule has 20 heavy (non-hydrogen) atoms. The normalized spacial score (nSPS) is 18.2. The fourth-order valence-electron chi connectivity index (χ4n) is 2.96. The zero-order chi connectivity index (χ0) is 14.4. The van der Waals surface area contributed by atoms with E-state index in [9.17, 15) is 0 Å². The largest absolute Gasteiger partial charge is 0.383 e. The molecule has 1 aromatic carbocycles. The number of hydrogen-bond acceptors (Lipinski definition) is 3. The maximum Gasteiger partial charge on any atom is 0.0589 e. The first-order valence-electron chi connectivity index (χ1n) is 7.76. The first kappa shape index (κ1) is 15.5. The molecule has 3 nitrogen and oxygen atoms in total. The molecule has 3 heteroatoms. The van der Waals surface area contributed by atoms with E-state index in [4.69, 9.17) is 10.5 Å². The van der Waals surface area contributed by atoms with Crippen LogP contribution in [0.2, 0.25) is 0 Å². The predicted octanol–water partition coefficient (Wildman–Crippen LogP) is 2.62. The van der Waals surface area contributed by atoms with Crippen LogP contribution in [0.25, 0.3) is 0 Å². The van der Waals surface area contributed by atoms with Crippen molar-refractivity contribution in [2.24, 2.45) is 5.73 Å². The summed E-state index contributed by atoms with van der Waals surface area (Å²) < 4.78 is 5.25. The van der Waals surface area contributed by atoms with Crippen LogP contribution in [-0.4, -0.2) is 43.8 Å². The molecule has 112 valence electrons. The molecule has 2 unspecified atom stereocenters. The Morgan fingerprint density at radius 1 is 1.30 bits per heavy atom. The molecular formula is C17H28N2O. The first-order chi connectivity index (χ1) is 9.76. The number of methoxy groups -OCH3 is 1. The summed E-state index contributed by atoms with van der Waals surface area (Å²) >= 11 is 0. The maximum atomic E-state index is 6.05. The van der Waals surface area contributed by atoms with E-state index in [1.807, 2.05) is 0 Å². The molecule has 0 bridgehead atoms. The van der Waals surface area contributed by atoms with E-state index in [2.05, 4.69) is 42.2 Å². The number of nitrogens with zero attached hydrogens (tertiary/aromatic N) is 1. The van der Waals surface area contributed by atoms with Crippen molar-refractivity contribution in [3.8, 4) is 0 Å². The highest BCUT2D eigenvalue weighted by Gasteiger charge is 2.33. The molecular weight excluding hydrogens is 248 g/mol. The van der Waals surface area contributed by atoms with E-state index in [-0.39, 0.29) is 0 Å². The third-order valence-corrected chi connectivity index (χ3v) is 4.30. The van der Waals surface area contributed by atoms with Gasteiger partial charge in [-0.1, -0.05) is 37.3 Å². The minimum atomic E-state index is 0.466. The minimum Gasteiger partial charge on any atom is -0.383 e. The van der Waals surface area contributed by atoms with Crippen LogP contribution in [-0.2, 0) is 4.74 Å². The molecule has 2 rings (SSSR count). The van der Waals surface area contributed by atoms with Crippen molar-refractivity contribution in [1.29, 1.82) is 0 Å². The van der Waals surface area contributed by atoms with Gasteiger partial charge in [-0.25, -0.2) is 0 Å². The lowest BCUT2D eigenvalue weighted by molar-refractivity contribution is 0.109. The summed E-state index contributed by atoms with van der Waals surface area (Å²) in [5, 5.41) is 0. The zero-order valence-corrected chi connectivity index (χ0v) is 12.8. The van der Waals surface area contributed by atoms with E-state index >= 15 is 0 Å². The summed E-state index contributed by atoms with van der Waals surface area (Å²) in [5.41, 5.74) is 7.47. The van der Waals surface area contributed by atoms with Gasteiger partial charge in [0.2, 0.25) is 0 Å². The Kier molecular flexibility index (Phi) is 6.02. The van der Waals surface area contributed by atoms with Gasteiger partial charge < -0.3 is 10.5 Å². The van der Waals surface area contributed by atoms with E-state index in [1.54, 1.807) is 7.11 Å². The van der Waals surface area contributed by atoms with Crippen molar-refractivity contribution in [3.05, 3.63) is 35.9 Å². The highest BCUT2D eigenvalue weighted by Crippen LogP contribution is 2.31. The number of nitrogens with two attached hydrogens (primary N) is 1. The molecule has 0 amide bonds. The predicted molar refractivity (Wildman–Crippen MR) is 83.9 cm³/mol. The van der Waals surface area contributed by atoms with Crippen LogP contribution >= 0.6 is 0 Å². The van der Waals surface area contributed by atoms with Gasteiger partial charge >= 0.3 is 0 Å². The topological polar surface area (TPSA) is 38.5 Å². The lowest BCUT2D eigenvalue weighted by Crippen LogP contribution is -2.44. The fourth-order valence-corrected chi connectivity index (χ4v) is 2.96. The lowest BCUT2D eigenvalue weighted by atomic mass is 9.93. The Morgan fingerprint density at radius 3 is 2.55 bits per heavy atom. The zero-order valence-electron chi connectivity index (χ0n) is 12.8. The lowest BCUT2D eigenvalue weighted by Gasteiger charge is -2.32. The van der Waals surface area contributed by atoms with Crippen LogP contribution < -0.4 is 5.73 Å². The molecule has 0 radical (unpaired) electrons. The molecule has 1 aromatic rings. The molecule has 1 aliphatic carbocycles. The standard InChI is InChI=1S/C17H28N2O/c1-14(15-6-4-3-5-7-15)12-17(13-18)19(10-11-20-2)16-8-9-16/h3-7,14,16-17H,8-13,18H2,1-2H3. The third-order valence-electron chi connectivity index (χ3n) is 4.30. The van der Waals surface area contributed by atoms with Gasteiger partial charge in [0.1, 0.15) is 0 Å². The van der Waals surface area contributed by atoms with Gasteiger partial charge in [-0.2, -0.15) is 0 Å². The highest BCUT2D eigenvalue weighted by molar-refractivity contribution is 5.19. The highest BCUT2D eigenvalue weighted by atomic mass is 16.5. The average molecular weight is 276 g/mol. The van der Waals surface area contributed by atoms with Crippen LogP contribution in [0.3, 0.4) is 0 Å². The van der Waals surface area contributed by atoms with Crippen molar-refractivity contribution < 1.29 is 4.74 Å². The Morgan fingerprint density at radius 2 is 2.00 bits per heavy atom. The van der Waals surface area contributed by atoms with E-state index in [0.717, 1.165) is 32.2 Å². The number of rotatable bonds is 9. The third kappa shape index (κ3) is 4.30. The molecule has 2 atom stereocenters. The van der Waals surface area contributed by atoms with Crippen LogP contribution in [0.1, 0.15) is 37.7 Å². The van der Waals surface area contributed by atoms with Gasteiger partial charge in [-0.05, 0) is 30.7 Å². The summed E-state index contributed by atoms with van der Waals surface area (Å²) in [5.74, 6) is 0.550. The summed E-state index contributed by atoms with van der Waals surface area (Å²) in [4.78, 5) is 2.57. The summed E-state index contributed by atoms with van der Waals surface area (Å²) in [6.45, 7) is 4.84. The molecule has 0 spiro atoms. The van der Waals surface area contributed by atoms with Gasteiger partial charge in [0, 0.05) is 32.3 Å². The van der Waals surface area contributed by atoms with E-state index in [1.165, 1.54) is 18.4 Å². The summed E-state index contributed by atoms with van der Waals surface area (Å²) in [6.07, 6.45) is 3.76. The average Bonchev–Trinajstić information content (AvgIpc) is 3.31. The quantitative estimate of drug-likeness (QED) is 0.753. The minimum absolute atomic E-state index is 0.466. The van der Waals surface area contributed by atoms with Crippen LogP contribution in [0, 0.1) is 0 Å². The Bertz CT molecular complexity index is 378. The van der Waals surface area contributed by atoms with Gasteiger partial charge in [-0.15, -0.1) is 0 Å². The fraction of sp³-hybridized carbons (Fsp3) is 0.647. The van der Waals surface area contributed by atoms with E-state index in [0.29, 0.717) is 12.0 Å². The molecule has 0 heterocycles. The van der Waals surface area contributed by atoms with Gasteiger partial charge in [-0.3, -0.25) is 4.90 Å². The summed E-state index contributed by atoms with van der Waals surface area (Å²) in [7, 11) is 1.77. The van der Waals surface area contributed by atoms with Gasteiger partial charge in [0.05, 0.1) is 6.61 Å². The molecule has 1 saturated carbocycles. The van der Waals surface area contributed by atoms with Gasteiger partial charge in [0.25, 0.3) is 0 Å². The van der Waals surface area contributed by atoms with Crippen LogP contribution in [0.4, 0.5) is 0 Å². The Hall–Kier alpha value is -0.900. The molecule has 0 saturated heterocycles. The maximum absolute atomic E-state index is 6.05. The van der Waals surface area contributed by atoms with E-state index < -0.39 is 0 Å². The Labute approximate surface area is 123 Å². The monoisotopic (exact) mass is 276 g/mol. The van der Waals surface area contributed by atoms with Crippen molar-refractivity contribution >= 4 is 0 Å². The second kappa shape index (κ2) is 7.77. The second-order valence-electron chi connectivity index (χ2n) is 5.90. The second-order valence-corrected chi connectivity index (χ2v) is 5.90. The molecule has 1 aliphatic rings. The smallest absolute Gasteiger partial charge is 0.0589 e. The van der Waals surface area contributed by atoms with Gasteiger partial charge in [0.15, 0.2) is 0 Å². The van der Waals surface area contributed by atoms with Crippen molar-refractivity contribution in [3.63, 3.8) is 0 Å². The Balaban J connectivity index is 1.95. The summed E-state index contributed by atoms with van der Waals surface area (Å²) in [6, 6.07) is 11.9. The van der Waals surface area contributed by atoms with Crippen molar-refractivity contribution in [1.82, 2.24) is 4.90 Å². The number of ether oxygens (including phenoxy) is 1. The number of hydrogen-bond donors (Lipinski definition) is 1. The van der Waals surface area contributed by atoms with Crippen molar-refractivity contribution in [2.75, 3.05) is 26.8 Å². The number of benzene rings is 1. The van der Waals surface area contributed by atoms with Crippen molar-refractivity contribution in [2.45, 2.75) is 44.2 Å². The van der Waals surface area contributed by atoms with Crippen LogP contribution in [0.15, 0.2) is 30.3 Å². The molecule has 0 aromatic heterocycles. The molecule has 1 fully saturated rings.